The van der Waals surface area contributed by atoms with Crippen LogP contribution in [0.15, 0.2) is 364 Å². The van der Waals surface area contributed by atoms with Gasteiger partial charge in [-0.05, 0) is 104 Å². The van der Waals surface area contributed by atoms with Gasteiger partial charge in [0.05, 0.1) is 11.4 Å². The van der Waals surface area contributed by atoms with Gasteiger partial charge in [0.2, 0.25) is 0 Å². The molecule has 86 heavy (non-hydrogen) atoms. The van der Waals surface area contributed by atoms with Crippen molar-refractivity contribution >= 4 is 57.6 Å². The van der Waals surface area contributed by atoms with Crippen LogP contribution in [0, 0.1) is 0 Å². The van der Waals surface area contributed by atoms with E-state index in [0.29, 0.717) is 5.82 Å². The van der Waals surface area contributed by atoms with Crippen LogP contribution in [0.25, 0.3) is 78.4 Å². The molecule has 0 N–H and O–H groups in total. The van der Waals surface area contributed by atoms with E-state index in [0.717, 1.165) is 28.1 Å². The lowest BCUT2D eigenvalue weighted by atomic mass is 9.99. The third-order valence-electron chi connectivity index (χ3n) is 16.9. The summed E-state index contributed by atoms with van der Waals surface area (Å²) in [5, 5.41) is 10.2. The normalized spacial score (nSPS) is 11.5. The molecule has 0 atom stereocenters. The monoisotopic (exact) mass is 1130 g/mol. The summed E-state index contributed by atoms with van der Waals surface area (Å²) >= 11 is 0. The molecule has 4 heteroatoms. The Balaban J connectivity index is 1.11. The Morgan fingerprint density at radius 1 is 0.151 bits per heavy atom. The highest BCUT2D eigenvalue weighted by Crippen LogP contribution is 2.32. The highest BCUT2D eigenvalue weighted by molar-refractivity contribution is 7.22. The van der Waals surface area contributed by atoms with E-state index in [1.807, 2.05) is 0 Å². The average Bonchev–Trinajstić information content (AvgIpc) is 1.30. The first-order valence-corrected chi connectivity index (χ1v) is 33.5. The van der Waals surface area contributed by atoms with Crippen LogP contribution >= 0.6 is 0 Å². The number of nitrogens with zero attached hydrogens (tertiary/aromatic N) is 2. The summed E-state index contributed by atoms with van der Waals surface area (Å²) < 4.78 is 0. The molecule has 14 aromatic rings. The number of aromatic nitrogens is 2. The first-order chi connectivity index (χ1) is 42.6. The largest absolute Gasteiger partial charge is 0.228 e. The van der Waals surface area contributed by atoms with E-state index in [-0.39, 0.29) is 0 Å². The quantitative estimate of drug-likeness (QED) is 0.0755. The number of hydrogen-bond acceptors (Lipinski definition) is 2. The molecule has 0 amide bonds. The summed E-state index contributed by atoms with van der Waals surface area (Å²) in [5.41, 5.74) is 14.2. The fraction of sp³-hybridized carbons (Fsp3) is 0. The molecule has 0 bridgehead atoms. The van der Waals surface area contributed by atoms with Gasteiger partial charge in [-0.2, -0.15) is 0 Å². The lowest BCUT2D eigenvalue weighted by Gasteiger charge is -2.38. The highest BCUT2D eigenvalue weighted by atomic mass is 28.3. The molecular weight excluding hydrogens is 1070 g/mol. The fourth-order valence-electron chi connectivity index (χ4n) is 12.9. The summed E-state index contributed by atoms with van der Waals surface area (Å²) in [4.78, 5) is 11.0. The molecule has 0 aliphatic rings. The van der Waals surface area contributed by atoms with Crippen molar-refractivity contribution in [3.63, 3.8) is 0 Å². The predicted molar refractivity (Wildman–Crippen MR) is 367 cm³/mol. The molecule has 0 radical (unpaired) electrons. The zero-order valence-corrected chi connectivity index (χ0v) is 49.5. The standard InChI is InChI=1S/C82H60N2Si2/c1-9-29-61(30-10-1)65-37-25-39-67(53-65)69-41-27-51-76(55-69)85(72-43-17-5-18-44-72,73-45-19-6-20-46-73)78-57-71(81-60-80(63-33-13-3-14-34-63)83-82(84-81)64-35-15-4-16-36-64)58-79(59-78)86(74-47-21-7-22-48-74,75-49-23-8-24-50-75)77-52-28-42-70(56-77)68-40-26-38-66(54-68)62-31-11-2-12-32-62/h1-60H. The first kappa shape index (κ1) is 53.4. The molecule has 0 spiro atoms. The summed E-state index contributed by atoms with van der Waals surface area (Å²) in [5.74, 6) is 0.675. The van der Waals surface area contributed by atoms with Crippen LogP contribution in [0.3, 0.4) is 0 Å². The summed E-state index contributed by atoms with van der Waals surface area (Å²) in [7, 11) is -6.79. The third-order valence-corrected chi connectivity index (χ3v) is 26.4. The van der Waals surface area contributed by atoms with Crippen molar-refractivity contribution in [1.29, 1.82) is 0 Å². The van der Waals surface area contributed by atoms with E-state index >= 15 is 0 Å². The maximum atomic E-state index is 5.68. The zero-order chi connectivity index (χ0) is 57.5. The molecule has 14 rings (SSSR count). The molecule has 0 fully saturated rings. The third kappa shape index (κ3) is 10.3. The molecule has 0 saturated carbocycles. The number of hydrogen-bond donors (Lipinski definition) is 0. The molecule has 13 aromatic carbocycles. The zero-order valence-electron chi connectivity index (χ0n) is 47.5. The van der Waals surface area contributed by atoms with Crippen LogP contribution < -0.4 is 41.5 Å². The minimum atomic E-state index is -3.40. The van der Waals surface area contributed by atoms with Crippen LogP contribution in [-0.2, 0) is 0 Å². The minimum Gasteiger partial charge on any atom is -0.228 e. The van der Waals surface area contributed by atoms with Gasteiger partial charge in [0, 0.05) is 16.7 Å². The molecule has 406 valence electrons. The minimum absolute atomic E-state index is 0.675. The smallest absolute Gasteiger partial charge is 0.179 e. The molecule has 0 unspecified atom stereocenters. The van der Waals surface area contributed by atoms with Crippen molar-refractivity contribution in [3.05, 3.63) is 364 Å². The van der Waals surface area contributed by atoms with Crippen LogP contribution in [0.5, 0.6) is 0 Å². The molecule has 0 aliphatic carbocycles. The van der Waals surface area contributed by atoms with E-state index in [1.54, 1.807) is 0 Å². The predicted octanol–water partition coefficient (Wildman–Crippen LogP) is 14.9. The second-order valence-corrected chi connectivity index (χ2v) is 29.6. The van der Waals surface area contributed by atoms with Gasteiger partial charge in [-0.3, -0.25) is 0 Å². The van der Waals surface area contributed by atoms with Gasteiger partial charge >= 0.3 is 0 Å². The number of rotatable bonds is 15. The van der Waals surface area contributed by atoms with Gasteiger partial charge in [0.25, 0.3) is 0 Å². The molecule has 1 aromatic heterocycles. The van der Waals surface area contributed by atoms with Gasteiger partial charge < -0.3 is 0 Å². The van der Waals surface area contributed by atoms with Crippen molar-refractivity contribution in [1.82, 2.24) is 9.97 Å². The molecule has 2 nitrogen and oxygen atoms in total. The Morgan fingerprint density at radius 2 is 0.395 bits per heavy atom. The van der Waals surface area contributed by atoms with Crippen LogP contribution in [-0.4, -0.2) is 26.1 Å². The molecule has 1 heterocycles. The van der Waals surface area contributed by atoms with Crippen molar-refractivity contribution in [2.45, 2.75) is 0 Å². The van der Waals surface area contributed by atoms with Crippen LogP contribution in [0.4, 0.5) is 0 Å². The Labute approximate surface area is 506 Å². The van der Waals surface area contributed by atoms with Crippen molar-refractivity contribution < 1.29 is 0 Å². The van der Waals surface area contributed by atoms with Crippen LogP contribution in [0.1, 0.15) is 0 Å². The van der Waals surface area contributed by atoms with Gasteiger partial charge in [-0.1, -0.05) is 346 Å². The Hall–Kier alpha value is -10.6. The second-order valence-electron chi connectivity index (χ2n) is 22.0. The van der Waals surface area contributed by atoms with E-state index < -0.39 is 16.1 Å². The Bertz CT molecular complexity index is 4230. The fourth-order valence-corrected chi connectivity index (χ4v) is 22.7. The summed E-state index contributed by atoms with van der Waals surface area (Å²) in [6.45, 7) is 0. The van der Waals surface area contributed by atoms with E-state index in [9.17, 15) is 0 Å². The lowest BCUT2D eigenvalue weighted by Crippen LogP contribution is -2.78. The van der Waals surface area contributed by atoms with Crippen LogP contribution in [0.2, 0.25) is 0 Å². The highest BCUT2D eigenvalue weighted by Gasteiger charge is 2.46. The van der Waals surface area contributed by atoms with E-state index in [4.69, 9.17) is 9.97 Å². The van der Waals surface area contributed by atoms with Gasteiger partial charge in [-0.15, -0.1) is 0 Å². The second kappa shape index (κ2) is 23.9. The maximum Gasteiger partial charge on any atom is 0.179 e. The Kier molecular flexibility index (Phi) is 14.8. The average molecular weight is 1130 g/mol. The Morgan fingerprint density at radius 3 is 0.756 bits per heavy atom. The van der Waals surface area contributed by atoms with E-state index in [1.165, 1.54) is 86.0 Å². The maximum absolute atomic E-state index is 5.68. The molecule has 0 aliphatic heterocycles. The summed E-state index contributed by atoms with van der Waals surface area (Å²) in [6, 6.07) is 135. The van der Waals surface area contributed by atoms with Gasteiger partial charge in [0.1, 0.15) is 0 Å². The first-order valence-electron chi connectivity index (χ1n) is 29.5. The molecule has 0 saturated heterocycles. The number of benzene rings is 13. The lowest BCUT2D eigenvalue weighted by molar-refractivity contribution is 1.18. The summed E-state index contributed by atoms with van der Waals surface area (Å²) in [6.07, 6.45) is 0. The van der Waals surface area contributed by atoms with E-state index in [2.05, 4.69) is 364 Å². The van der Waals surface area contributed by atoms with Crippen molar-refractivity contribution in [3.8, 4) is 78.4 Å². The SMILES string of the molecule is c1ccc(-c2cccc(-c3cccc([Si](c4ccccc4)(c4ccccc4)c4cc(-c5cc(-c6ccccc6)nc(-c6ccccc6)n5)cc([Si](c5ccccc5)(c5ccccc5)c5cccc(-c6cccc(-c7ccccc7)c6)c5)c4)c3)c2)cc1. The van der Waals surface area contributed by atoms with Crippen molar-refractivity contribution in [2.24, 2.45) is 0 Å². The van der Waals surface area contributed by atoms with Crippen molar-refractivity contribution in [2.75, 3.05) is 0 Å². The topological polar surface area (TPSA) is 25.8 Å². The van der Waals surface area contributed by atoms with Gasteiger partial charge in [-0.25, -0.2) is 9.97 Å². The molecular formula is C82H60N2Si2. The van der Waals surface area contributed by atoms with Gasteiger partial charge in [0.15, 0.2) is 22.0 Å².